The van der Waals surface area contributed by atoms with Crippen LogP contribution in [-0.4, -0.2) is 22.5 Å². The number of rotatable bonds is 5. The van der Waals surface area contributed by atoms with Crippen molar-refractivity contribution >= 4 is 5.91 Å². The van der Waals surface area contributed by atoms with Crippen molar-refractivity contribution in [3.8, 4) is 28.4 Å². The first-order valence-electron chi connectivity index (χ1n) is 10.2. The van der Waals surface area contributed by atoms with Crippen molar-refractivity contribution in [2.45, 2.75) is 13.5 Å². The highest BCUT2D eigenvalue weighted by Gasteiger charge is 2.20. The monoisotopic (exact) mass is 429 g/mol. The fourth-order valence-corrected chi connectivity index (χ4v) is 3.55. The Balaban J connectivity index is 1.46. The highest BCUT2D eigenvalue weighted by atomic mass is 19.1. The normalized spacial score (nSPS) is 12.1. The van der Waals surface area contributed by atoms with Gasteiger partial charge in [-0.05, 0) is 55.0 Å². The number of ether oxygens (including phenoxy) is 2. The number of carbonyl (C=O) groups is 1. The fraction of sp³-hybridized carbons (Fsp3) is 0.120. The lowest BCUT2D eigenvalue weighted by Gasteiger charge is -2.09. The molecule has 0 unspecified atom stereocenters. The number of benzene rings is 3. The van der Waals surface area contributed by atoms with Gasteiger partial charge in [-0.1, -0.05) is 35.9 Å². The Labute approximate surface area is 184 Å². The maximum Gasteiger partial charge on any atom is 0.270 e. The molecule has 160 valence electrons. The average Bonchev–Trinajstić information content (AvgIpc) is 3.45. The zero-order valence-corrected chi connectivity index (χ0v) is 17.3. The Morgan fingerprint density at radius 3 is 2.62 bits per heavy atom. The van der Waals surface area contributed by atoms with Gasteiger partial charge in [0.1, 0.15) is 11.5 Å². The van der Waals surface area contributed by atoms with Crippen molar-refractivity contribution in [3.05, 3.63) is 95.4 Å². The Kier molecular flexibility index (Phi) is 5.07. The standard InChI is InChI=1S/C25H20FN3O3/c1-16-6-9-18(10-7-16)29-22(13-21(28-29)19-4-2-3-5-20(19)26)25(30)27-14-17-8-11-23-24(12-17)32-15-31-23/h2-13H,14-15H2,1H3,(H,27,30). The van der Waals surface area contributed by atoms with Crippen LogP contribution in [0.5, 0.6) is 11.5 Å². The predicted molar refractivity (Wildman–Crippen MR) is 117 cm³/mol. The number of hydrogen-bond acceptors (Lipinski definition) is 4. The number of halogens is 1. The molecule has 0 aliphatic carbocycles. The second kappa shape index (κ2) is 8.19. The fourth-order valence-electron chi connectivity index (χ4n) is 3.55. The summed E-state index contributed by atoms with van der Waals surface area (Å²) in [4.78, 5) is 13.1. The minimum Gasteiger partial charge on any atom is -0.454 e. The average molecular weight is 429 g/mol. The number of nitrogens with zero attached hydrogens (tertiary/aromatic N) is 2. The molecule has 0 spiro atoms. The largest absolute Gasteiger partial charge is 0.454 e. The van der Waals surface area contributed by atoms with E-state index in [1.54, 1.807) is 24.3 Å². The highest BCUT2D eigenvalue weighted by Crippen LogP contribution is 2.32. The van der Waals surface area contributed by atoms with Crippen LogP contribution in [0.25, 0.3) is 16.9 Å². The molecule has 1 aliphatic heterocycles. The molecule has 4 aromatic rings. The van der Waals surface area contributed by atoms with E-state index in [-0.39, 0.29) is 12.7 Å². The summed E-state index contributed by atoms with van der Waals surface area (Å²) in [6.45, 7) is 2.47. The maximum atomic E-state index is 14.4. The van der Waals surface area contributed by atoms with Crippen LogP contribution in [0, 0.1) is 12.7 Å². The van der Waals surface area contributed by atoms with Crippen LogP contribution in [0.4, 0.5) is 4.39 Å². The van der Waals surface area contributed by atoms with Gasteiger partial charge in [0.05, 0.1) is 11.4 Å². The third kappa shape index (κ3) is 3.80. The lowest BCUT2D eigenvalue weighted by atomic mass is 10.1. The summed E-state index contributed by atoms with van der Waals surface area (Å²) < 4.78 is 26.6. The molecule has 0 radical (unpaired) electrons. The van der Waals surface area contributed by atoms with E-state index < -0.39 is 5.82 Å². The Hall–Kier alpha value is -4.13. The molecule has 2 heterocycles. The maximum absolute atomic E-state index is 14.4. The lowest BCUT2D eigenvalue weighted by molar-refractivity contribution is 0.0943. The van der Waals surface area contributed by atoms with Gasteiger partial charge in [-0.25, -0.2) is 9.07 Å². The minimum atomic E-state index is -0.395. The topological polar surface area (TPSA) is 65.4 Å². The van der Waals surface area contributed by atoms with E-state index >= 15 is 0 Å². The third-order valence-electron chi connectivity index (χ3n) is 5.26. The van der Waals surface area contributed by atoms with Gasteiger partial charge in [-0.15, -0.1) is 0 Å². The number of hydrogen-bond donors (Lipinski definition) is 1. The van der Waals surface area contributed by atoms with Gasteiger partial charge in [-0.2, -0.15) is 5.10 Å². The van der Waals surface area contributed by atoms with Crippen LogP contribution in [0.2, 0.25) is 0 Å². The summed E-state index contributed by atoms with van der Waals surface area (Å²) in [7, 11) is 0. The summed E-state index contributed by atoms with van der Waals surface area (Å²) in [5.74, 6) is 0.627. The number of fused-ring (bicyclic) bond motifs is 1. The van der Waals surface area contributed by atoms with Gasteiger partial charge in [0.15, 0.2) is 11.5 Å². The molecule has 7 heteroatoms. The molecule has 0 fully saturated rings. The van der Waals surface area contributed by atoms with Crippen LogP contribution in [0.1, 0.15) is 21.6 Å². The van der Waals surface area contributed by atoms with E-state index in [0.29, 0.717) is 40.7 Å². The second-order valence-electron chi connectivity index (χ2n) is 7.51. The third-order valence-corrected chi connectivity index (χ3v) is 5.26. The van der Waals surface area contributed by atoms with Crippen LogP contribution in [0.15, 0.2) is 72.8 Å². The number of aromatic nitrogens is 2. The molecular formula is C25H20FN3O3. The minimum absolute atomic E-state index is 0.194. The van der Waals surface area contributed by atoms with Gasteiger partial charge >= 0.3 is 0 Å². The lowest BCUT2D eigenvalue weighted by Crippen LogP contribution is -2.25. The molecule has 1 aromatic heterocycles. The van der Waals surface area contributed by atoms with E-state index in [0.717, 1.165) is 11.1 Å². The van der Waals surface area contributed by atoms with Crippen molar-refractivity contribution in [2.24, 2.45) is 0 Å². The van der Waals surface area contributed by atoms with Crippen molar-refractivity contribution in [2.75, 3.05) is 6.79 Å². The Morgan fingerprint density at radius 2 is 1.81 bits per heavy atom. The first-order valence-corrected chi connectivity index (χ1v) is 10.2. The van der Waals surface area contributed by atoms with Crippen molar-refractivity contribution in [3.63, 3.8) is 0 Å². The van der Waals surface area contributed by atoms with Gasteiger partial charge in [0, 0.05) is 12.1 Å². The van der Waals surface area contributed by atoms with E-state index in [2.05, 4.69) is 10.4 Å². The number of amides is 1. The van der Waals surface area contributed by atoms with Crippen molar-refractivity contribution in [1.82, 2.24) is 15.1 Å². The van der Waals surface area contributed by atoms with Crippen LogP contribution >= 0.6 is 0 Å². The van der Waals surface area contributed by atoms with Crippen LogP contribution in [0.3, 0.4) is 0 Å². The molecular weight excluding hydrogens is 409 g/mol. The zero-order chi connectivity index (χ0) is 22.1. The van der Waals surface area contributed by atoms with Gasteiger partial charge < -0.3 is 14.8 Å². The van der Waals surface area contributed by atoms with E-state index in [9.17, 15) is 9.18 Å². The molecule has 0 saturated carbocycles. The molecule has 6 nitrogen and oxygen atoms in total. The van der Waals surface area contributed by atoms with Crippen LogP contribution in [-0.2, 0) is 6.54 Å². The van der Waals surface area contributed by atoms with E-state index in [4.69, 9.17) is 9.47 Å². The summed E-state index contributed by atoms with van der Waals surface area (Å²) in [5.41, 5.74) is 3.71. The molecule has 32 heavy (non-hydrogen) atoms. The van der Waals surface area contributed by atoms with Gasteiger partial charge in [0.25, 0.3) is 5.91 Å². The smallest absolute Gasteiger partial charge is 0.270 e. The first kappa shape index (κ1) is 19.8. The van der Waals surface area contributed by atoms with Gasteiger partial charge in [-0.3, -0.25) is 4.79 Å². The number of carbonyl (C=O) groups excluding carboxylic acids is 1. The highest BCUT2D eigenvalue weighted by molar-refractivity contribution is 5.94. The second-order valence-corrected chi connectivity index (χ2v) is 7.51. The predicted octanol–water partition coefficient (Wildman–Crippen LogP) is 4.65. The Morgan fingerprint density at radius 1 is 1.03 bits per heavy atom. The summed E-state index contributed by atoms with van der Waals surface area (Å²) in [6.07, 6.45) is 0. The number of aryl methyl sites for hydroxylation is 1. The van der Waals surface area contributed by atoms with Crippen molar-refractivity contribution in [1.29, 1.82) is 0 Å². The Bertz CT molecular complexity index is 1300. The molecule has 0 bridgehead atoms. The molecule has 1 N–H and O–H groups in total. The number of nitrogens with one attached hydrogen (secondary N) is 1. The van der Waals surface area contributed by atoms with Gasteiger partial charge in [0.2, 0.25) is 6.79 Å². The molecule has 5 rings (SSSR count). The molecule has 3 aromatic carbocycles. The SMILES string of the molecule is Cc1ccc(-n2nc(-c3ccccc3F)cc2C(=O)NCc2ccc3c(c2)OCO3)cc1. The summed E-state index contributed by atoms with van der Waals surface area (Å²) in [6, 6.07) is 21.1. The molecule has 1 amide bonds. The van der Waals surface area contributed by atoms with Crippen molar-refractivity contribution < 1.29 is 18.7 Å². The molecule has 0 atom stereocenters. The first-order chi connectivity index (χ1) is 15.6. The quantitative estimate of drug-likeness (QED) is 0.502. The zero-order valence-electron chi connectivity index (χ0n) is 17.3. The van der Waals surface area contributed by atoms with Crippen LogP contribution < -0.4 is 14.8 Å². The van der Waals surface area contributed by atoms with E-state index in [1.807, 2.05) is 49.4 Å². The molecule has 0 saturated heterocycles. The summed E-state index contributed by atoms with van der Waals surface area (Å²) in [5, 5.41) is 7.46. The molecule has 1 aliphatic rings. The van der Waals surface area contributed by atoms with E-state index in [1.165, 1.54) is 10.7 Å². The summed E-state index contributed by atoms with van der Waals surface area (Å²) >= 11 is 0.